The molecule has 0 unspecified atom stereocenters. The average molecular weight is 163 g/mol. The number of aryl methyl sites for hydroxylation is 1. The zero-order chi connectivity index (χ0) is 7.02. The molecule has 0 bridgehead atoms. The van der Waals surface area contributed by atoms with Gasteiger partial charge in [-0.3, -0.25) is 0 Å². The molecule has 1 N–H and O–H groups in total. The van der Waals surface area contributed by atoms with Gasteiger partial charge in [0, 0.05) is 0 Å². The van der Waals surface area contributed by atoms with Crippen molar-refractivity contribution in [3.8, 4) is 0 Å². The standard InChI is InChI=1S/C6H10N2O.ClH/c1-4-5(2)7-8(9)6(4)3;/h9H,1-3H3;1H. The zero-order valence-corrected chi connectivity index (χ0v) is 7.07. The van der Waals surface area contributed by atoms with Crippen molar-refractivity contribution in [3.63, 3.8) is 0 Å². The van der Waals surface area contributed by atoms with E-state index in [9.17, 15) is 0 Å². The maximum absolute atomic E-state index is 8.93. The number of hydrogen-bond donors (Lipinski definition) is 1. The van der Waals surface area contributed by atoms with Crippen molar-refractivity contribution >= 4 is 12.4 Å². The van der Waals surface area contributed by atoms with Crippen molar-refractivity contribution in [3.05, 3.63) is 17.0 Å². The summed E-state index contributed by atoms with van der Waals surface area (Å²) in [4.78, 5) is 0.907. The summed E-state index contributed by atoms with van der Waals surface area (Å²) in [7, 11) is 0. The summed E-state index contributed by atoms with van der Waals surface area (Å²) in [5, 5.41) is 12.7. The quantitative estimate of drug-likeness (QED) is 0.587. The Balaban J connectivity index is 0.000000810. The minimum Gasteiger partial charge on any atom is -0.411 e. The lowest BCUT2D eigenvalue weighted by atomic mass is 10.2. The Morgan fingerprint density at radius 2 is 1.80 bits per heavy atom. The first kappa shape index (κ1) is 9.30. The van der Waals surface area contributed by atoms with Gasteiger partial charge in [0.25, 0.3) is 0 Å². The van der Waals surface area contributed by atoms with Crippen LogP contribution in [0.1, 0.15) is 17.0 Å². The molecule has 0 fully saturated rings. The molecule has 0 saturated heterocycles. The van der Waals surface area contributed by atoms with Gasteiger partial charge in [0.15, 0.2) is 0 Å². The van der Waals surface area contributed by atoms with Gasteiger partial charge in [-0.05, 0) is 26.3 Å². The predicted octanol–water partition coefficient (Wildman–Crippen LogP) is 1.47. The summed E-state index contributed by atoms with van der Waals surface area (Å²) in [6, 6.07) is 0. The molecule has 1 aromatic heterocycles. The van der Waals surface area contributed by atoms with E-state index in [-0.39, 0.29) is 12.4 Å². The van der Waals surface area contributed by atoms with Gasteiger partial charge in [-0.15, -0.1) is 22.4 Å². The van der Waals surface area contributed by atoms with E-state index in [4.69, 9.17) is 5.21 Å². The molecule has 1 heterocycles. The maximum atomic E-state index is 8.93. The summed E-state index contributed by atoms with van der Waals surface area (Å²) in [5.74, 6) is 0. The van der Waals surface area contributed by atoms with Crippen molar-refractivity contribution in [2.45, 2.75) is 20.8 Å². The minimum absolute atomic E-state index is 0. The Kier molecular flexibility index (Phi) is 2.72. The third kappa shape index (κ3) is 1.24. The molecule has 1 rings (SSSR count). The van der Waals surface area contributed by atoms with Crippen molar-refractivity contribution in [2.75, 3.05) is 0 Å². The molecule has 3 nitrogen and oxygen atoms in total. The van der Waals surface area contributed by atoms with Crippen LogP contribution in [0.5, 0.6) is 0 Å². The Hall–Kier alpha value is -0.700. The summed E-state index contributed by atoms with van der Waals surface area (Å²) < 4.78 is 0. The van der Waals surface area contributed by atoms with Crippen molar-refractivity contribution < 1.29 is 5.21 Å². The summed E-state index contributed by atoms with van der Waals surface area (Å²) in [6.45, 7) is 5.63. The van der Waals surface area contributed by atoms with E-state index >= 15 is 0 Å². The number of hydrogen-bond acceptors (Lipinski definition) is 2. The maximum Gasteiger partial charge on any atom is 0.0799 e. The van der Waals surface area contributed by atoms with E-state index in [1.54, 1.807) is 0 Å². The van der Waals surface area contributed by atoms with E-state index in [0.29, 0.717) is 0 Å². The molecule has 0 radical (unpaired) electrons. The van der Waals surface area contributed by atoms with Crippen LogP contribution in [-0.4, -0.2) is 15.2 Å². The van der Waals surface area contributed by atoms with Gasteiger partial charge in [0.05, 0.1) is 11.4 Å². The van der Waals surface area contributed by atoms with Gasteiger partial charge in [-0.1, -0.05) is 0 Å². The largest absolute Gasteiger partial charge is 0.411 e. The van der Waals surface area contributed by atoms with Crippen LogP contribution in [0.2, 0.25) is 0 Å². The lowest BCUT2D eigenvalue weighted by molar-refractivity contribution is 0.141. The lowest BCUT2D eigenvalue weighted by Gasteiger charge is -1.89. The molecule has 1 aromatic rings. The van der Waals surface area contributed by atoms with Crippen molar-refractivity contribution in [1.82, 2.24) is 9.94 Å². The van der Waals surface area contributed by atoms with Crippen LogP contribution in [0.25, 0.3) is 0 Å². The van der Waals surface area contributed by atoms with Crippen LogP contribution >= 0.6 is 12.4 Å². The van der Waals surface area contributed by atoms with Crippen LogP contribution in [0.4, 0.5) is 0 Å². The number of rotatable bonds is 0. The molecule has 0 amide bonds. The number of halogens is 1. The molecule has 4 heteroatoms. The van der Waals surface area contributed by atoms with Crippen LogP contribution in [0.3, 0.4) is 0 Å². The summed E-state index contributed by atoms with van der Waals surface area (Å²) in [5.41, 5.74) is 2.75. The highest BCUT2D eigenvalue weighted by atomic mass is 35.5. The molecule has 0 atom stereocenters. The van der Waals surface area contributed by atoms with Gasteiger partial charge in [0.2, 0.25) is 0 Å². The Morgan fingerprint density at radius 3 is 1.90 bits per heavy atom. The molecule has 0 aromatic carbocycles. The first-order valence-corrected chi connectivity index (χ1v) is 2.85. The van der Waals surface area contributed by atoms with Gasteiger partial charge < -0.3 is 5.21 Å². The fraction of sp³-hybridized carbons (Fsp3) is 0.500. The third-order valence-electron chi connectivity index (χ3n) is 1.63. The average Bonchev–Trinajstić information content (AvgIpc) is 1.98. The van der Waals surface area contributed by atoms with Crippen LogP contribution in [0, 0.1) is 20.8 Å². The number of aromatic nitrogens is 2. The Bertz CT molecular complexity index is 209. The normalized spacial score (nSPS) is 9.10. The van der Waals surface area contributed by atoms with Gasteiger partial charge >= 0.3 is 0 Å². The zero-order valence-electron chi connectivity index (χ0n) is 6.25. The van der Waals surface area contributed by atoms with E-state index < -0.39 is 0 Å². The summed E-state index contributed by atoms with van der Waals surface area (Å²) in [6.07, 6.45) is 0. The SMILES string of the molecule is Cc1nn(O)c(C)c1C.Cl. The van der Waals surface area contributed by atoms with Gasteiger partial charge in [0.1, 0.15) is 0 Å². The second kappa shape index (κ2) is 2.92. The Morgan fingerprint density at radius 1 is 1.30 bits per heavy atom. The van der Waals surface area contributed by atoms with Crippen molar-refractivity contribution in [2.24, 2.45) is 0 Å². The molecule has 0 aliphatic carbocycles. The Labute approximate surface area is 66.0 Å². The molecule has 10 heavy (non-hydrogen) atoms. The predicted molar refractivity (Wildman–Crippen MR) is 40.9 cm³/mol. The van der Waals surface area contributed by atoms with Crippen LogP contribution < -0.4 is 0 Å². The molecule has 0 aliphatic rings. The van der Waals surface area contributed by atoms with Crippen LogP contribution in [0.15, 0.2) is 0 Å². The summed E-state index contributed by atoms with van der Waals surface area (Å²) >= 11 is 0. The minimum atomic E-state index is 0. The molecule has 58 valence electrons. The van der Waals surface area contributed by atoms with Crippen molar-refractivity contribution in [1.29, 1.82) is 0 Å². The van der Waals surface area contributed by atoms with E-state index in [1.807, 2.05) is 20.8 Å². The van der Waals surface area contributed by atoms with Gasteiger partial charge in [-0.25, -0.2) is 0 Å². The monoisotopic (exact) mass is 162 g/mol. The highest BCUT2D eigenvalue weighted by molar-refractivity contribution is 5.85. The lowest BCUT2D eigenvalue weighted by Crippen LogP contribution is -1.94. The second-order valence-electron chi connectivity index (χ2n) is 2.19. The molecular weight excluding hydrogens is 152 g/mol. The van der Waals surface area contributed by atoms with Gasteiger partial charge in [-0.2, -0.15) is 0 Å². The fourth-order valence-electron chi connectivity index (χ4n) is 0.704. The van der Waals surface area contributed by atoms with E-state index in [1.165, 1.54) is 0 Å². The smallest absolute Gasteiger partial charge is 0.0799 e. The molecule has 0 spiro atoms. The highest BCUT2D eigenvalue weighted by Gasteiger charge is 2.03. The molecular formula is C6H11ClN2O. The van der Waals surface area contributed by atoms with E-state index in [2.05, 4.69) is 5.10 Å². The molecule has 0 saturated carbocycles. The topological polar surface area (TPSA) is 38.0 Å². The second-order valence-corrected chi connectivity index (χ2v) is 2.19. The third-order valence-corrected chi connectivity index (χ3v) is 1.63. The first-order chi connectivity index (χ1) is 4.13. The van der Waals surface area contributed by atoms with E-state index in [0.717, 1.165) is 21.8 Å². The highest BCUT2D eigenvalue weighted by Crippen LogP contribution is 2.07. The van der Waals surface area contributed by atoms with Crippen LogP contribution in [-0.2, 0) is 0 Å². The molecule has 0 aliphatic heterocycles. The fourth-order valence-corrected chi connectivity index (χ4v) is 0.704. The number of nitrogens with zero attached hydrogens (tertiary/aromatic N) is 2. The first-order valence-electron chi connectivity index (χ1n) is 2.85.